The maximum Gasteiger partial charge on any atom is 0.314 e. The minimum atomic E-state index is -0.730. The van der Waals surface area contributed by atoms with Gasteiger partial charge in [0, 0.05) is 18.3 Å². The fourth-order valence-electron chi connectivity index (χ4n) is 3.47. The van der Waals surface area contributed by atoms with Gasteiger partial charge >= 0.3 is 11.1 Å². The zero-order chi connectivity index (χ0) is 18.1. The largest absolute Gasteiger partial charge is 0.330 e. The molecule has 132 valence electrons. The molecule has 0 spiro atoms. The van der Waals surface area contributed by atoms with Gasteiger partial charge in [0.25, 0.3) is 5.91 Å². The first-order chi connectivity index (χ1) is 12.6. The van der Waals surface area contributed by atoms with Gasteiger partial charge in [-0.2, -0.15) is 0 Å². The van der Waals surface area contributed by atoms with E-state index in [2.05, 4.69) is 15.0 Å². The van der Waals surface area contributed by atoms with E-state index in [1.165, 1.54) is 0 Å². The molecule has 0 aliphatic carbocycles. The van der Waals surface area contributed by atoms with Crippen LogP contribution in [0.15, 0.2) is 52.2 Å². The van der Waals surface area contributed by atoms with E-state index in [1.54, 1.807) is 24.4 Å². The molecule has 1 amide bonds. The lowest BCUT2D eigenvalue weighted by atomic mass is 9.97. The molecule has 1 aliphatic heterocycles. The average molecular weight is 350 g/mol. The van der Waals surface area contributed by atoms with E-state index in [1.807, 2.05) is 23.1 Å². The highest BCUT2D eigenvalue weighted by atomic mass is 16.2. The molecule has 7 nitrogen and oxygen atoms in total. The van der Waals surface area contributed by atoms with Crippen LogP contribution in [0.2, 0.25) is 0 Å². The van der Waals surface area contributed by atoms with Crippen LogP contribution in [-0.4, -0.2) is 32.3 Å². The van der Waals surface area contributed by atoms with Crippen LogP contribution in [0, 0.1) is 0 Å². The fraction of sp³-hybridized carbons (Fsp3) is 0.263. The molecule has 1 saturated heterocycles. The lowest BCUT2D eigenvalue weighted by molar-refractivity contribution is 0.0606. The zero-order valence-electron chi connectivity index (χ0n) is 14.1. The smallest absolute Gasteiger partial charge is 0.314 e. The summed E-state index contributed by atoms with van der Waals surface area (Å²) >= 11 is 0. The van der Waals surface area contributed by atoms with Gasteiger partial charge in [-0.15, -0.1) is 0 Å². The number of aromatic nitrogens is 3. The molecule has 1 atom stereocenters. The van der Waals surface area contributed by atoms with E-state index in [4.69, 9.17) is 0 Å². The van der Waals surface area contributed by atoms with Crippen molar-refractivity contribution in [2.45, 2.75) is 25.3 Å². The zero-order valence-corrected chi connectivity index (χ0v) is 14.1. The summed E-state index contributed by atoms with van der Waals surface area (Å²) in [5.41, 5.74) is 0.856. The molecular formula is C19H18N4O3. The van der Waals surface area contributed by atoms with Crippen molar-refractivity contribution in [3.63, 3.8) is 0 Å². The first-order valence-electron chi connectivity index (χ1n) is 8.62. The minimum absolute atomic E-state index is 0.0530. The third-order valence-electron chi connectivity index (χ3n) is 4.76. The lowest BCUT2D eigenvalue weighted by Gasteiger charge is -2.35. The first kappa shape index (κ1) is 16.3. The number of fused-ring (bicyclic) bond motifs is 1. The molecule has 2 aromatic heterocycles. The van der Waals surface area contributed by atoms with Gasteiger partial charge in [-0.3, -0.25) is 19.4 Å². The molecule has 0 bridgehead atoms. The van der Waals surface area contributed by atoms with Crippen molar-refractivity contribution in [1.29, 1.82) is 0 Å². The molecule has 1 aromatic carbocycles. The fourth-order valence-corrected chi connectivity index (χ4v) is 3.47. The Morgan fingerprint density at radius 1 is 1.04 bits per heavy atom. The summed E-state index contributed by atoms with van der Waals surface area (Å²) in [5, 5.41) is 0. The average Bonchev–Trinajstić information content (AvgIpc) is 2.69. The molecular weight excluding hydrogens is 332 g/mol. The standard InChI is InChI=1S/C19H18N4O3/c24-17-18(25)22-15-11-12(7-8-13(15)21-17)19(26)23-10-4-2-6-16(23)14-5-1-3-9-20-14/h1,3,5,7-9,11,16H,2,4,6,10H2,(H,21,24)(H,22,25)/t16-/m1/s1. The Kier molecular flexibility index (Phi) is 4.12. The predicted molar refractivity (Wildman–Crippen MR) is 97.1 cm³/mol. The molecule has 7 heteroatoms. The number of hydrogen-bond acceptors (Lipinski definition) is 4. The summed E-state index contributed by atoms with van der Waals surface area (Å²) in [6.45, 7) is 0.667. The molecule has 0 unspecified atom stereocenters. The van der Waals surface area contributed by atoms with Crippen molar-refractivity contribution in [3.05, 3.63) is 74.6 Å². The number of benzene rings is 1. The Labute approximate surface area is 148 Å². The van der Waals surface area contributed by atoms with Gasteiger partial charge in [-0.05, 0) is 49.6 Å². The maximum absolute atomic E-state index is 13.1. The Balaban J connectivity index is 1.71. The van der Waals surface area contributed by atoms with Gasteiger partial charge in [0.2, 0.25) is 0 Å². The van der Waals surface area contributed by atoms with E-state index >= 15 is 0 Å². The molecule has 1 aliphatic rings. The van der Waals surface area contributed by atoms with Gasteiger partial charge < -0.3 is 14.9 Å². The van der Waals surface area contributed by atoms with Crippen LogP contribution in [0.3, 0.4) is 0 Å². The highest BCUT2D eigenvalue weighted by molar-refractivity contribution is 5.97. The number of rotatable bonds is 2. The van der Waals surface area contributed by atoms with Crippen LogP contribution in [-0.2, 0) is 0 Å². The molecule has 3 heterocycles. The Hall–Kier alpha value is -3.22. The number of carbonyl (C=O) groups excluding carboxylic acids is 1. The molecule has 1 fully saturated rings. The molecule has 4 rings (SSSR count). The van der Waals surface area contributed by atoms with Crippen LogP contribution in [0.4, 0.5) is 0 Å². The highest BCUT2D eigenvalue weighted by Crippen LogP contribution is 2.31. The minimum Gasteiger partial charge on any atom is -0.330 e. The second-order valence-electron chi connectivity index (χ2n) is 6.43. The summed E-state index contributed by atoms with van der Waals surface area (Å²) < 4.78 is 0. The number of carbonyl (C=O) groups is 1. The van der Waals surface area contributed by atoms with E-state index < -0.39 is 11.1 Å². The lowest BCUT2D eigenvalue weighted by Crippen LogP contribution is -2.39. The molecule has 0 saturated carbocycles. The summed E-state index contributed by atoms with van der Waals surface area (Å²) in [6, 6.07) is 10.6. The molecule has 26 heavy (non-hydrogen) atoms. The quantitative estimate of drug-likeness (QED) is 0.690. The molecule has 0 radical (unpaired) electrons. The SMILES string of the molecule is O=C(c1ccc2[nH]c(=O)c(=O)[nH]c2c1)N1CCCC[C@@H]1c1ccccn1. The van der Waals surface area contributed by atoms with Crippen LogP contribution in [0.5, 0.6) is 0 Å². The third kappa shape index (κ3) is 2.92. The van der Waals surface area contributed by atoms with Crippen LogP contribution in [0.25, 0.3) is 11.0 Å². The Morgan fingerprint density at radius 3 is 2.62 bits per heavy atom. The van der Waals surface area contributed by atoms with Gasteiger partial charge in [-0.25, -0.2) is 0 Å². The number of H-pyrrole nitrogens is 2. The number of nitrogens with zero attached hydrogens (tertiary/aromatic N) is 2. The predicted octanol–water partition coefficient (Wildman–Crippen LogP) is 1.98. The van der Waals surface area contributed by atoms with Crippen LogP contribution in [0.1, 0.15) is 41.4 Å². The number of aromatic amines is 2. The number of piperidine rings is 1. The number of amides is 1. The summed E-state index contributed by atoms with van der Waals surface area (Å²) in [4.78, 5) is 47.4. The van der Waals surface area contributed by atoms with Crippen molar-refractivity contribution in [3.8, 4) is 0 Å². The summed E-state index contributed by atoms with van der Waals surface area (Å²) in [5.74, 6) is -0.102. The van der Waals surface area contributed by atoms with Crippen molar-refractivity contribution >= 4 is 16.9 Å². The topological polar surface area (TPSA) is 98.9 Å². The maximum atomic E-state index is 13.1. The second-order valence-corrected chi connectivity index (χ2v) is 6.43. The van der Waals surface area contributed by atoms with E-state index in [9.17, 15) is 14.4 Å². The van der Waals surface area contributed by atoms with Crippen molar-refractivity contribution in [1.82, 2.24) is 19.9 Å². The van der Waals surface area contributed by atoms with E-state index in [0.717, 1.165) is 25.0 Å². The van der Waals surface area contributed by atoms with Crippen molar-refractivity contribution in [2.24, 2.45) is 0 Å². The number of nitrogens with one attached hydrogen (secondary N) is 2. The Bertz CT molecular complexity index is 1070. The van der Waals surface area contributed by atoms with Crippen LogP contribution < -0.4 is 11.1 Å². The second kappa shape index (κ2) is 6.59. The third-order valence-corrected chi connectivity index (χ3v) is 4.76. The first-order valence-corrected chi connectivity index (χ1v) is 8.62. The van der Waals surface area contributed by atoms with Gasteiger partial charge in [-0.1, -0.05) is 6.07 Å². The van der Waals surface area contributed by atoms with E-state index in [0.29, 0.717) is 23.1 Å². The highest BCUT2D eigenvalue weighted by Gasteiger charge is 2.29. The normalized spacial score (nSPS) is 17.4. The van der Waals surface area contributed by atoms with Crippen molar-refractivity contribution in [2.75, 3.05) is 6.54 Å². The number of likely N-dealkylation sites (tertiary alicyclic amines) is 1. The molecule has 2 N–H and O–H groups in total. The van der Waals surface area contributed by atoms with Crippen molar-refractivity contribution < 1.29 is 4.79 Å². The van der Waals surface area contributed by atoms with Gasteiger partial charge in [0.05, 0.1) is 22.8 Å². The molecule has 3 aromatic rings. The van der Waals surface area contributed by atoms with Crippen LogP contribution >= 0.6 is 0 Å². The number of pyridine rings is 1. The monoisotopic (exact) mass is 350 g/mol. The van der Waals surface area contributed by atoms with Gasteiger partial charge in [0.15, 0.2) is 0 Å². The van der Waals surface area contributed by atoms with Gasteiger partial charge in [0.1, 0.15) is 0 Å². The number of hydrogen-bond donors (Lipinski definition) is 2. The van der Waals surface area contributed by atoms with E-state index in [-0.39, 0.29) is 11.9 Å². The summed E-state index contributed by atoms with van der Waals surface area (Å²) in [7, 11) is 0. The Morgan fingerprint density at radius 2 is 1.85 bits per heavy atom. The summed E-state index contributed by atoms with van der Waals surface area (Å²) in [6.07, 6.45) is 4.62.